The van der Waals surface area contributed by atoms with E-state index in [1.54, 1.807) is 10.7 Å². The number of nitriles is 1. The summed E-state index contributed by atoms with van der Waals surface area (Å²) < 4.78 is 7.43. The zero-order valence-electron chi connectivity index (χ0n) is 18.6. The largest absolute Gasteiger partial charge is 0.492 e. The maximum Gasteiger partial charge on any atom is 0.138 e. The van der Waals surface area contributed by atoms with E-state index in [1.807, 2.05) is 25.4 Å². The number of likely N-dealkylation sites (tertiary alicyclic amines) is 1. The highest BCUT2D eigenvalue weighted by atomic mass is 16.5. The van der Waals surface area contributed by atoms with Crippen LogP contribution in [-0.2, 0) is 0 Å². The van der Waals surface area contributed by atoms with Crippen molar-refractivity contribution in [1.29, 1.82) is 5.26 Å². The summed E-state index contributed by atoms with van der Waals surface area (Å²) in [4.78, 5) is 9.58. The van der Waals surface area contributed by atoms with Gasteiger partial charge >= 0.3 is 0 Å². The molecule has 4 rings (SSSR count). The number of rotatable bonds is 7. The zero-order valence-corrected chi connectivity index (χ0v) is 18.6. The minimum absolute atomic E-state index is 0.540. The first-order valence-corrected chi connectivity index (χ1v) is 11.1. The van der Waals surface area contributed by atoms with Crippen LogP contribution in [-0.4, -0.2) is 59.3 Å². The standard InChI is InChI=1S/C24H30N6O/c1-4-29(16-18-7-6-10-28(3)15-18)23-9-8-19(13-26-23)22-11-21(31-5-2)17-30-24(22)20(12-25)14-27-30/h8-9,11,13-14,17-18H,4-7,10,15-16H2,1-3H3. The Kier molecular flexibility index (Phi) is 6.38. The highest BCUT2D eigenvalue weighted by molar-refractivity contribution is 5.85. The van der Waals surface area contributed by atoms with Crippen molar-refractivity contribution in [3.63, 3.8) is 0 Å². The van der Waals surface area contributed by atoms with Gasteiger partial charge in [0.2, 0.25) is 0 Å². The summed E-state index contributed by atoms with van der Waals surface area (Å²) >= 11 is 0. The van der Waals surface area contributed by atoms with E-state index in [4.69, 9.17) is 9.72 Å². The minimum Gasteiger partial charge on any atom is -0.492 e. The quantitative estimate of drug-likeness (QED) is 0.581. The van der Waals surface area contributed by atoms with E-state index in [1.165, 1.54) is 19.4 Å². The Bertz CT molecular complexity index is 1070. The van der Waals surface area contributed by atoms with Crippen LogP contribution in [0.4, 0.5) is 5.82 Å². The Balaban J connectivity index is 1.63. The molecule has 0 saturated carbocycles. The Hall–Kier alpha value is -3.11. The molecule has 0 aliphatic carbocycles. The van der Waals surface area contributed by atoms with Crippen molar-refractivity contribution in [2.24, 2.45) is 5.92 Å². The highest BCUT2D eigenvalue weighted by Crippen LogP contribution is 2.31. The number of piperidine rings is 1. The molecule has 0 N–H and O–H groups in total. The maximum absolute atomic E-state index is 9.53. The number of hydrogen-bond donors (Lipinski definition) is 0. The Labute approximate surface area is 183 Å². The van der Waals surface area contributed by atoms with Gasteiger partial charge in [0.25, 0.3) is 0 Å². The number of nitrogens with zero attached hydrogens (tertiary/aromatic N) is 6. The molecule has 4 heterocycles. The van der Waals surface area contributed by atoms with E-state index < -0.39 is 0 Å². The van der Waals surface area contributed by atoms with Gasteiger partial charge in [-0.25, -0.2) is 9.50 Å². The van der Waals surface area contributed by atoms with E-state index in [-0.39, 0.29) is 0 Å². The van der Waals surface area contributed by atoms with Gasteiger partial charge in [-0.3, -0.25) is 0 Å². The molecule has 3 aromatic heterocycles. The second-order valence-corrected chi connectivity index (χ2v) is 8.20. The van der Waals surface area contributed by atoms with Gasteiger partial charge < -0.3 is 14.5 Å². The second kappa shape index (κ2) is 9.36. The van der Waals surface area contributed by atoms with Crippen LogP contribution < -0.4 is 9.64 Å². The topological polar surface area (TPSA) is 69.7 Å². The summed E-state index contributed by atoms with van der Waals surface area (Å²) in [5.74, 6) is 2.39. The predicted octanol–water partition coefficient (Wildman–Crippen LogP) is 3.83. The van der Waals surface area contributed by atoms with Crippen LogP contribution in [0, 0.1) is 17.2 Å². The Morgan fingerprint density at radius 2 is 2.16 bits per heavy atom. The lowest BCUT2D eigenvalue weighted by atomic mass is 9.98. The van der Waals surface area contributed by atoms with E-state index in [0.717, 1.165) is 47.8 Å². The third-order valence-corrected chi connectivity index (χ3v) is 5.98. The lowest BCUT2D eigenvalue weighted by molar-refractivity contribution is 0.212. The summed E-state index contributed by atoms with van der Waals surface area (Å²) in [7, 11) is 2.21. The normalized spacial score (nSPS) is 16.9. The molecule has 0 radical (unpaired) electrons. The molecule has 7 heteroatoms. The van der Waals surface area contributed by atoms with E-state index in [9.17, 15) is 5.26 Å². The lowest BCUT2D eigenvalue weighted by Gasteiger charge is -2.34. The molecule has 1 unspecified atom stereocenters. The number of anilines is 1. The van der Waals surface area contributed by atoms with Crippen LogP contribution in [0.1, 0.15) is 32.3 Å². The smallest absolute Gasteiger partial charge is 0.138 e. The summed E-state index contributed by atoms with van der Waals surface area (Å²) in [5, 5.41) is 13.9. The molecule has 162 valence electrons. The molecule has 0 amide bonds. The molecule has 0 spiro atoms. The fraction of sp³-hybridized carbons (Fsp3) is 0.458. The van der Waals surface area contributed by atoms with Gasteiger partial charge in [0, 0.05) is 37.0 Å². The van der Waals surface area contributed by atoms with Crippen LogP contribution in [0.5, 0.6) is 5.75 Å². The first-order valence-electron chi connectivity index (χ1n) is 11.1. The first-order chi connectivity index (χ1) is 15.1. The van der Waals surface area contributed by atoms with Crippen molar-refractivity contribution >= 4 is 11.3 Å². The molecule has 1 fully saturated rings. The van der Waals surface area contributed by atoms with Gasteiger partial charge in [-0.15, -0.1) is 0 Å². The molecular formula is C24H30N6O. The average molecular weight is 419 g/mol. The van der Waals surface area contributed by atoms with Crippen LogP contribution in [0.2, 0.25) is 0 Å². The van der Waals surface area contributed by atoms with Gasteiger partial charge in [0.1, 0.15) is 17.6 Å². The van der Waals surface area contributed by atoms with E-state index >= 15 is 0 Å². The lowest BCUT2D eigenvalue weighted by Crippen LogP contribution is -2.39. The van der Waals surface area contributed by atoms with Crippen molar-refractivity contribution in [2.75, 3.05) is 44.7 Å². The van der Waals surface area contributed by atoms with Gasteiger partial charge in [0.05, 0.1) is 30.1 Å². The average Bonchev–Trinajstić information content (AvgIpc) is 3.20. The van der Waals surface area contributed by atoms with Crippen LogP contribution >= 0.6 is 0 Å². The van der Waals surface area contributed by atoms with Gasteiger partial charge in [-0.1, -0.05) is 0 Å². The third-order valence-electron chi connectivity index (χ3n) is 5.98. The minimum atomic E-state index is 0.540. The van der Waals surface area contributed by atoms with Crippen LogP contribution in [0.15, 0.2) is 36.8 Å². The number of ether oxygens (including phenoxy) is 1. The molecule has 7 nitrogen and oxygen atoms in total. The summed E-state index contributed by atoms with van der Waals surface area (Å²) in [5.41, 5.74) is 3.16. The summed E-state index contributed by atoms with van der Waals surface area (Å²) in [6, 6.07) is 8.37. The van der Waals surface area contributed by atoms with Crippen molar-refractivity contribution in [3.8, 4) is 22.9 Å². The molecular weight excluding hydrogens is 388 g/mol. The highest BCUT2D eigenvalue weighted by Gasteiger charge is 2.20. The van der Waals surface area contributed by atoms with Gasteiger partial charge in [0.15, 0.2) is 0 Å². The summed E-state index contributed by atoms with van der Waals surface area (Å²) in [6.07, 6.45) is 7.84. The molecule has 31 heavy (non-hydrogen) atoms. The number of hydrogen-bond acceptors (Lipinski definition) is 6. The second-order valence-electron chi connectivity index (χ2n) is 8.20. The third kappa shape index (κ3) is 4.49. The van der Waals surface area contributed by atoms with Crippen LogP contribution in [0.25, 0.3) is 16.6 Å². The predicted molar refractivity (Wildman–Crippen MR) is 122 cm³/mol. The Morgan fingerprint density at radius 3 is 2.84 bits per heavy atom. The van der Waals surface area contributed by atoms with Crippen molar-refractivity contribution in [3.05, 3.63) is 42.4 Å². The number of pyridine rings is 2. The number of fused-ring (bicyclic) bond motifs is 1. The van der Waals surface area contributed by atoms with Crippen molar-refractivity contribution in [1.82, 2.24) is 19.5 Å². The molecule has 0 bridgehead atoms. The van der Waals surface area contributed by atoms with Crippen LogP contribution in [0.3, 0.4) is 0 Å². The fourth-order valence-corrected chi connectivity index (χ4v) is 4.50. The first kappa shape index (κ1) is 21.1. The molecule has 3 aromatic rings. The molecule has 1 saturated heterocycles. The zero-order chi connectivity index (χ0) is 21.8. The summed E-state index contributed by atoms with van der Waals surface area (Å²) in [6.45, 7) is 9.00. The Morgan fingerprint density at radius 1 is 1.29 bits per heavy atom. The van der Waals surface area contributed by atoms with Crippen molar-refractivity contribution < 1.29 is 4.74 Å². The fourth-order valence-electron chi connectivity index (χ4n) is 4.50. The van der Waals surface area contributed by atoms with Crippen molar-refractivity contribution in [2.45, 2.75) is 26.7 Å². The monoisotopic (exact) mass is 418 g/mol. The number of aromatic nitrogens is 3. The molecule has 1 aliphatic heterocycles. The van der Waals surface area contributed by atoms with Gasteiger partial charge in [-0.2, -0.15) is 10.4 Å². The van der Waals surface area contributed by atoms with E-state index in [2.05, 4.69) is 47.1 Å². The van der Waals surface area contributed by atoms with Gasteiger partial charge in [-0.05, 0) is 64.4 Å². The SMILES string of the molecule is CCOc1cc(-c2ccc(N(CC)CC3CCCN(C)C3)nc2)c2c(C#N)cnn2c1. The maximum atomic E-state index is 9.53. The molecule has 0 aromatic carbocycles. The molecule has 1 aliphatic rings. The molecule has 1 atom stereocenters. The van der Waals surface area contributed by atoms with E-state index in [0.29, 0.717) is 18.1 Å².